The summed E-state index contributed by atoms with van der Waals surface area (Å²) >= 11 is 2.05. The van der Waals surface area contributed by atoms with Crippen molar-refractivity contribution in [3.63, 3.8) is 0 Å². The molecule has 14 heavy (non-hydrogen) atoms. The molecule has 0 aromatic rings. The summed E-state index contributed by atoms with van der Waals surface area (Å²) in [6.07, 6.45) is 6.19. The van der Waals surface area contributed by atoms with Crippen molar-refractivity contribution < 1.29 is 10.2 Å². The Balaban J connectivity index is 3.77. The van der Waals surface area contributed by atoms with Crippen molar-refractivity contribution >= 4 is 22.6 Å². The molecule has 0 aromatic carbocycles. The van der Waals surface area contributed by atoms with Gasteiger partial charge in [-0.3, -0.25) is 0 Å². The molecule has 0 aliphatic rings. The average molecular weight is 312 g/mol. The molecule has 0 fully saturated rings. The summed E-state index contributed by atoms with van der Waals surface area (Å²) in [5.41, 5.74) is -1.08. The molecule has 0 rings (SSSR count). The lowest BCUT2D eigenvalue weighted by Gasteiger charge is -2.25. The van der Waals surface area contributed by atoms with Gasteiger partial charge in [0.25, 0.3) is 0 Å². The highest BCUT2D eigenvalue weighted by Crippen LogP contribution is 2.18. The van der Waals surface area contributed by atoms with Gasteiger partial charge in [0, 0.05) is 0 Å². The summed E-state index contributed by atoms with van der Waals surface area (Å²) in [4.78, 5) is 0. The molecule has 0 bridgehead atoms. The number of unbranched alkanes of at least 4 members (excludes halogenated alkanes) is 3. The van der Waals surface area contributed by atoms with Gasteiger partial charge in [-0.05, 0) is 23.5 Å². The normalized spacial score (nSPS) is 18.4. The first kappa shape index (κ1) is 14.4. The predicted molar refractivity (Wildman–Crippen MR) is 68.5 cm³/mol. The minimum atomic E-state index is -1.08. The first-order valence-corrected chi connectivity index (χ1v) is 6.47. The molecule has 0 heterocycles. The highest BCUT2D eigenvalue weighted by Gasteiger charge is 2.26. The van der Waals surface area contributed by atoms with Crippen molar-refractivity contribution in [1.29, 1.82) is 0 Å². The fourth-order valence-electron chi connectivity index (χ4n) is 1.30. The molecular formula is C11H21IO2. The van der Waals surface area contributed by atoms with Crippen LogP contribution in [0.3, 0.4) is 0 Å². The van der Waals surface area contributed by atoms with E-state index in [9.17, 15) is 10.2 Å². The number of aliphatic hydroxyl groups is 2. The van der Waals surface area contributed by atoms with E-state index in [0.29, 0.717) is 6.42 Å². The van der Waals surface area contributed by atoms with Crippen molar-refractivity contribution in [3.8, 4) is 0 Å². The topological polar surface area (TPSA) is 40.5 Å². The second kappa shape index (κ2) is 7.65. The largest absolute Gasteiger partial charge is 0.390 e. The van der Waals surface area contributed by atoms with Crippen LogP contribution < -0.4 is 0 Å². The van der Waals surface area contributed by atoms with Crippen LogP contribution in [0, 0.1) is 0 Å². The van der Waals surface area contributed by atoms with Gasteiger partial charge in [0.15, 0.2) is 0 Å². The van der Waals surface area contributed by atoms with Crippen LogP contribution >= 0.6 is 22.6 Å². The van der Waals surface area contributed by atoms with Gasteiger partial charge in [-0.2, -0.15) is 0 Å². The van der Waals surface area contributed by atoms with E-state index in [0.717, 1.165) is 12.8 Å². The van der Waals surface area contributed by atoms with Crippen LogP contribution in [-0.2, 0) is 0 Å². The molecule has 3 heteroatoms. The Morgan fingerprint density at radius 1 is 1.36 bits per heavy atom. The van der Waals surface area contributed by atoms with Crippen LogP contribution in [0.5, 0.6) is 0 Å². The van der Waals surface area contributed by atoms with Crippen LogP contribution in [0.1, 0.15) is 46.0 Å². The van der Waals surface area contributed by atoms with Gasteiger partial charge in [0.1, 0.15) is 5.60 Å². The highest BCUT2D eigenvalue weighted by atomic mass is 127. The zero-order valence-corrected chi connectivity index (χ0v) is 11.2. The standard InChI is InChI=1S/C11H21IO2/c1-3-4-5-6-7-10(13)11(2,14)8-9-12/h8-10,13-14H,3-7H2,1-2H3. The molecule has 2 unspecified atom stereocenters. The van der Waals surface area contributed by atoms with E-state index >= 15 is 0 Å². The van der Waals surface area contributed by atoms with Gasteiger partial charge in [-0.15, -0.1) is 0 Å². The average Bonchev–Trinajstić information content (AvgIpc) is 2.12. The van der Waals surface area contributed by atoms with Gasteiger partial charge in [-0.1, -0.05) is 55.2 Å². The number of aliphatic hydroxyl groups excluding tert-OH is 1. The Kier molecular flexibility index (Phi) is 7.86. The monoisotopic (exact) mass is 312 g/mol. The van der Waals surface area contributed by atoms with E-state index in [-0.39, 0.29) is 0 Å². The second-order valence-corrected chi connectivity index (χ2v) is 4.60. The third-order valence-corrected chi connectivity index (χ3v) is 2.77. The lowest BCUT2D eigenvalue weighted by Crippen LogP contribution is -2.36. The van der Waals surface area contributed by atoms with Crippen LogP contribution in [0.4, 0.5) is 0 Å². The van der Waals surface area contributed by atoms with E-state index in [1.54, 1.807) is 17.1 Å². The zero-order valence-electron chi connectivity index (χ0n) is 9.04. The van der Waals surface area contributed by atoms with Crippen LogP contribution in [0.25, 0.3) is 0 Å². The van der Waals surface area contributed by atoms with Crippen LogP contribution in [0.2, 0.25) is 0 Å². The van der Waals surface area contributed by atoms with Crippen LogP contribution in [-0.4, -0.2) is 21.9 Å². The van der Waals surface area contributed by atoms with E-state index < -0.39 is 11.7 Å². The second-order valence-electron chi connectivity index (χ2n) is 3.88. The Morgan fingerprint density at radius 2 is 2.00 bits per heavy atom. The highest BCUT2D eigenvalue weighted by molar-refractivity contribution is 14.1. The Bertz CT molecular complexity index is 167. The van der Waals surface area contributed by atoms with E-state index in [2.05, 4.69) is 6.92 Å². The van der Waals surface area contributed by atoms with Gasteiger partial charge in [0.2, 0.25) is 0 Å². The van der Waals surface area contributed by atoms with Crippen molar-refractivity contribution in [3.05, 3.63) is 10.2 Å². The van der Waals surface area contributed by atoms with Gasteiger partial charge >= 0.3 is 0 Å². The minimum Gasteiger partial charge on any atom is -0.390 e. The quantitative estimate of drug-likeness (QED) is 0.560. The molecule has 0 spiro atoms. The molecule has 0 radical (unpaired) electrons. The zero-order chi connectivity index (χ0) is 11.0. The molecule has 0 aliphatic heterocycles. The summed E-state index contributed by atoms with van der Waals surface area (Å²) in [6.45, 7) is 3.80. The fourth-order valence-corrected chi connectivity index (χ4v) is 2.02. The van der Waals surface area contributed by atoms with Gasteiger partial charge < -0.3 is 10.2 Å². The van der Waals surface area contributed by atoms with E-state index in [1.165, 1.54) is 12.8 Å². The first-order chi connectivity index (χ1) is 6.54. The maximum absolute atomic E-state index is 9.80. The van der Waals surface area contributed by atoms with Crippen molar-refractivity contribution in [2.45, 2.75) is 57.7 Å². The molecule has 2 atom stereocenters. The molecule has 0 aliphatic carbocycles. The van der Waals surface area contributed by atoms with Gasteiger partial charge in [-0.25, -0.2) is 0 Å². The smallest absolute Gasteiger partial charge is 0.106 e. The fraction of sp³-hybridized carbons (Fsp3) is 0.818. The lowest BCUT2D eigenvalue weighted by atomic mass is 9.94. The molecule has 0 aromatic heterocycles. The predicted octanol–water partition coefficient (Wildman–Crippen LogP) is 3.02. The maximum atomic E-state index is 9.80. The summed E-state index contributed by atoms with van der Waals surface area (Å²) in [5.74, 6) is 0. The van der Waals surface area contributed by atoms with Crippen LogP contribution in [0.15, 0.2) is 10.2 Å². The molecule has 2 nitrogen and oxygen atoms in total. The summed E-state index contributed by atoms with van der Waals surface area (Å²) in [7, 11) is 0. The summed E-state index contributed by atoms with van der Waals surface area (Å²) < 4.78 is 1.74. The number of rotatable bonds is 7. The van der Waals surface area contributed by atoms with Gasteiger partial charge in [0.05, 0.1) is 6.10 Å². The van der Waals surface area contributed by atoms with Crippen molar-refractivity contribution in [2.24, 2.45) is 0 Å². The Morgan fingerprint density at radius 3 is 2.50 bits per heavy atom. The van der Waals surface area contributed by atoms with Crippen molar-refractivity contribution in [1.82, 2.24) is 0 Å². The number of hydrogen-bond donors (Lipinski definition) is 2. The summed E-state index contributed by atoms with van der Waals surface area (Å²) in [6, 6.07) is 0. The SMILES string of the molecule is CCCCCCC(O)C(C)(O)C=CI. The number of halogens is 1. The third-order valence-electron chi connectivity index (χ3n) is 2.41. The van der Waals surface area contributed by atoms with E-state index in [4.69, 9.17) is 0 Å². The molecule has 84 valence electrons. The molecule has 0 saturated heterocycles. The number of hydrogen-bond acceptors (Lipinski definition) is 2. The Hall–Kier alpha value is 0.390. The summed E-state index contributed by atoms with van der Waals surface area (Å²) in [5, 5.41) is 19.5. The third kappa shape index (κ3) is 5.98. The maximum Gasteiger partial charge on any atom is 0.106 e. The van der Waals surface area contributed by atoms with Crippen molar-refractivity contribution in [2.75, 3.05) is 0 Å². The minimum absolute atomic E-state index is 0.648. The molecule has 0 saturated carbocycles. The molecule has 0 amide bonds. The molecule has 2 N–H and O–H groups in total. The first-order valence-electron chi connectivity index (χ1n) is 5.23. The lowest BCUT2D eigenvalue weighted by molar-refractivity contribution is -0.0308. The Labute approximate surface area is 101 Å². The molecular weight excluding hydrogens is 291 g/mol. The van der Waals surface area contributed by atoms with E-state index in [1.807, 2.05) is 22.6 Å².